The number of carbonyl (C=O) groups is 2. The number of hydrogen-bond acceptors (Lipinski definition) is 4. The fourth-order valence-corrected chi connectivity index (χ4v) is 3.04. The molecule has 1 amide bonds. The van der Waals surface area contributed by atoms with Gasteiger partial charge in [-0.05, 0) is 49.1 Å². The Balaban J connectivity index is 1.52. The van der Waals surface area contributed by atoms with Crippen LogP contribution in [0.25, 0.3) is 0 Å². The van der Waals surface area contributed by atoms with Crippen LogP contribution in [0.3, 0.4) is 0 Å². The van der Waals surface area contributed by atoms with Crippen molar-refractivity contribution in [2.45, 2.75) is 32.6 Å². The first-order valence-electron chi connectivity index (χ1n) is 9.36. The molecule has 144 valence electrons. The van der Waals surface area contributed by atoms with Gasteiger partial charge in [0.05, 0.1) is 0 Å². The molecule has 1 aliphatic rings. The Morgan fingerprint density at radius 2 is 1.93 bits per heavy atom. The highest BCUT2D eigenvalue weighted by Gasteiger charge is 2.10. The van der Waals surface area contributed by atoms with Crippen LogP contribution in [0.2, 0.25) is 0 Å². The Labute approximate surface area is 165 Å². The van der Waals surface area contributed by atoms with Crippen molar-refractivity contribution in [1.29, 1.82) is 0 Å². The van der Waals surface area contributed by atoms with Crippen LogP contribution in [0.5, 0.6) is 11.5 Å². The van der Waals surface area contributed by atoms with Crippen molar-refractivity contribution in [2.24, 2.45) is 0 Å². The Bertz CT molecular complexity index is 927. The number of ketones is 1. The van der Waals surface area contributed by atoms with E-state index in [4.69, 9.17) is 4.74 Å². The minimum Gasteiger partial charge on any atom is -0.457 e. The smallest absolute Gasteiger partial charge is 0.269 e. The fourth-order valence-electron chi connectivity index (χ4n) is 3.04. The zero-order valence-corrected chi connectivity index (χ0v) is 16.2. The van der Waals surface area contributed by atoms with E-state index < -0.39 is 0 Å². The van der Waals surface area contributed by atoms with Crippen LogP contribution in [-0.2, 0) is 11.2 Å². The number of nitrogens with one attached hydrogen (secondary N) is 1. The van der Waals surface area contributed by atoms with E-state index in [1.54, 1.807) is 19.2 Å². The largest absolute Gasteiger partial charge is 0.457 e. The van der Waals surface area contributed by atoms with Gasteiger partial charge in [0.25, 0.3) is 5.91 Å². The van der Waals surface area contributed by atoms with Crippen molar-refractivity contribution in [1.82, 2.24) is 10.3 Å². The SMILES string of the molecule is CNC(=O)c1cc(Oc2ccc(CCC(=O)CC3=CCC(C)=C3)cc2)ccn1. The second-order valence-corrected chi connectivity index (χ2v) is 6.89. The van der Waals surface area contributed by atoms with E-state index in [2.05, 4.69) is 29.4 Å². The fraction of sp³-hybridized carbons (Fsp3) is 0.261. The molecule has 2 aromatic rings. The lowest BCUT2D eigenvalue weighted by molar-refractivity contribution is -0.118. The highest BCUT2D eigenvalue weighted by molar-refractivity contribution is 5.92. The van der Waals surface area contributed by atoms with Crippen molar-refractivity contribution in [3.05, 3.63) is 77.2 Å². The maximum absolute atomic E-state index is 12.2. The van der Waals surface area contributed by atoms with Gasteiger partial charge in [-0.2, -0.15) is 0 Å². The number of amides is 1. The third kappa shape index (κ3) is 5.39. The molecular weight excluding hydrogens is 352 g/mol. The van der Waals surface area contributed by atoms with E-state index in [0.717, 1.165) is 17.6 Å². The van der Waals surface area contributed by atoms with E-state index in [1.165, 1.54) is 11.8 Å². The molecule has 1 aromatic carbocycles. The van der Waals surface area contributed by atoms with Crippen molar-refractivity contribution in [2.75, 3.05) is 7.05 Å². The lowest BCUT2D eigenvalue weighted by atomic mass is 10.0. The lowest BCUT2D eigenvalue weighted by Gasteiger charge is -2.08. The summed E-state index contributed by atoms with van der Waals surface area (Å²) in [6.07, 6.45) is 8.51. The molecule has 0 saturated carbocycles. The zero-order valence-electron chi connectivity index (χ0n) is 16.2. The van der Waals surface area contributed by atoms with Crippen LogP contribution >= 0.6 is 0 Å². The number of ether oxygens (including phenoxy) is 1. The highest BCUT2D eigenvalue weighted by Crippen LogP contribution is 2.23. The maximum atomic E-state index is 12.2. The molecule has 0 saturated heterocycles. The summed E-state index contributed by atoms with van der Waals surface area (Å²) in [5, 5.41) is 2.54. The Hall–Kier alpha value is -3.21. The van der Waals surface area contributed by atoms with Gasteiger partial charge in [-0.25, -0.2) is 0 Å². The molecular formula is C23H24N2O3. The number of carbonyl (C=O) groups excluding carboxylic acids is 2. The number of pyridine rings is 1. The first-order valence-corrected chi connectivity index (χ1v) is 9.36. The lowest BCUT2D eigenvalue weighted by Crippen LogP contribution is -2.18. The topological polar surface area (TPSA) is 68.3 Å². The van der Waals surface area contributed by atoms with E-state index in [-0.39, 0.29) is 11.7 Å². The van der Waals surface area contributed by atoms with E-state index in [0.29, 0.717) is 36.5 Å². The van der Waals surface area contributed by atoms with Crippen LogP contribution in [0.4, 0.5) is 0 Å². The molecule has 0 unspecified atom stereocenters. The minimum absolute atomic E-state index is 0.260. The van der Waals surface area contributed by atoms with Crippen molar-refractivity contribution >= 4 is 11.7 Å². The summed E-state index contributed by atoms with van der Waals surface area (Å²) in [6.45, 7) is 2.09. The standard InChI is InChI=1S/C23H24N2O3/c1-16-3-4-18(13-16)14-19(26)8-5-17-6-9-20(10-7-17)28-21-11-12-25-22(15-21)23(27)24-2/h4,6-7,9-13,15H,3,5,8,14H2,1-2H3,(H,24,27). The van der Waals surface area contributed by atoms with Crippen molar-refractivity contribution < 1.29 is 14.3 Å². The summed E-state index contributed by atoms with van der Waals surface area (Å²) in [6, 6.07) is 11.0. The first kappa shape index (κ1) is 19.5. The predicted octanol–water partition coefficient (Wildman–Crippen LogP) is 4.40. The summed E-state index contributed by atoms with van der Waals surface area (Å²) in [4.78, 5) is 27.8. The van der Waals surface area contributed by atoms with Gasteiger partial charge in [0.1, 0.15) is 23.0 Å². The number of aryl methyl sites for hydroxylation is 1. The number of benzene rings is 1. The van der Waals surface area contributed by atoms with Crippen LogP contribution in [0.1, 0.15) is 42.2 Å². The summed E-state index contributed by atoms with van der Waals surface area (Å²) in [5.74, 6) is 1.21. The first-order chi connectivity index (χ1) is 13.5. The number of nitrogens with zero attached hydrogens (tertiary/aromatic N) is 1. The highest BCUT2D eigenvalue weighted by atomic mass is 16.5. The maximum Gasteiger partial charge on any atom is 0.269 e. The molecule has 3 rings (SSSR count). The molecule has 0 fully saturated rings. The molecule has 5 nitrogen and oxygen atoms in total. The monoisotopic (exact) mass is 376 g/mol. The van der Waals surface area contributed by atoms with Gasteiger partial charge in [0.15, 0.2) is 0 Å². The van der Waals surface area contributed by atoms with Crippen LogP contribution in [0, 0.1) is 0 Å². The molecule has 0 spiro atoms. The van der Waals surface area contributed by atoms with Gasteiger partial charge in [0.2, 0.25) is 0 Å². The molecule has 1 aliphatic carbocycles. The van der Waals surface area contributed by atoms with Crippen LogP contribution in [0.15, 0.2) is 65.9 Å². The van der Waals surface area contributed by atoms with Gasteiger partial charge >= 0.3 is 0 Å². The molecule has 1 aromatic heterocycles. The van der Waals surface area contributed by atoms with Gasteiger partial charge in [0, 0.05) is 32.2 Å². The van der Waals surface area contributed by atoms with Crippen LogP contribution in [-0.4, -0.2) is 23.7 Å². The summed E-state index contributed by atoms with van der Waals surface area (Å²) in [5.41, 5.74) is 3.85. The quantitative estimate of drug-likeness (QED) is 0.741. The molecule has 0 aliphatic heterocycles. The van der Waals surface area contributed by atoms with Gasteiger partial charge in [-0.1, -0.05) is 29.9 Å². The second-order valence-electron chi connectivity index (χ2n) is 6.89. The van der Waals surface area contributed by atoms with E-state index in [1.807, 2.05) is 24.3 Å². The number of allylic oxidation sites excluding steroid dienone is 4. The molecule has 0 radical (unpaired) electrons. The number of Topliss-reactive ketones (excluding diaryl/α,β-unsaturated/α-hetero) is 1. The molecule has 0 bridgehead atoms. The third-order valence-electron chi connectivity index (χ3n) is 4.56. The second kappa shape index (κ2) is 9.13. The van der Waals surface area contributed by atoms with E-state index >= 15 is 0 Å². The molecule has 1 heterocycles. The summed E-state index contributed by atoms with van der Waals surface area (Å²) >= 11 is 0. The Morgan fingerprint density at radius 1 is 1.14 bits per heavy atom. The van der Waals surface area contributed by atoms with E-state index in [9.17, 15) is 9.59 Å². The minimum atomic E-state index is -0.260. The molecule has 0 atom stereocenters. The third-order valence-corrected chi connectivity index (χ3v) is 4.56. The average Bonchev–Trinajstić information content (AvgIpc) is 3.11. The number of rotatable bonds is 8. The normalized spacial score (nSPS) is 12.9. The Kier molecular flexibility index (Phi) is 6.37. The van der Waals surface area contributed by atoms with Gasteiger partial charge in [-0.15, -0.1) is 0 Å². The van der Waals surface area contributed by atoms with Gasteiger partial charge in [-0.3, -0.25) is 14.6 Å². The molecule has 5 heteroatoms. The average molecular weight is 376 g/mol. The van der Waals surface area contributed by atoms with Crippen molar-refractivity contribution in [3.63, 3.8) is 0 Å². The zero-order chi connectivity index (χ0) is 19.9. The van der Waals surface area contributed by atoms with Gasteiger partial charge < -0.3 is 10.1 Å². The number of aromatic nitrogens is 1. The molecule has 28 heavy (non-hydrogen) atoms. The summed E-state index contributed by atoms with van der Waals surface area (Å²) < 4.78 is 5.79. The summed E-state index contributed by atoms with van der Waals surface area (Å²) in [7, 11) is 1.56. The Morgan fingerprint density at radius 3 is 2.61 bits per heavy atom. The van der Waals surface area contributed by atoms with Crippen molar-refractivity contribution in [3.8, 4) is 11.5 Å². The van der Waals surface area contributed by atoms with Crippen LogP contribution < -0.4 is 10.1 Å². The predicted molar refractivity (Wildman–Crippen MR) is 109 cm³/mol. The number of hydrogen-bond donors (Lipinski definition) is 1. The molecule has 1 N–H and O–H groups in total.